The van der Waals surface area contributed by atoms with Crippen LogP contribution in [0.25, 0.3) is 0 Å². The Morgan fingerprint density at radius 2 is 1.91 bits per heavy atom. The van der Waals surface area contributed by atoms with Gasteiger partial charge < -0.3 is 10.0 Å². The third-order valence-corrected chi connectivity index (χ3v) is 4.83. The highest BCUT2D eigenvalue weighted by molar-refractivity contribution is 7.90. The van der Waals surface area contributed by atoms with E-state index in [1.807, 2.05) is 0 Å². The first kappa shape index (κ1) is 17.3. The van der Waals surface area contributed by atoms with Crippen molar-refractivity contribution in [1.82, 2.24) is 9.78 Å². The van der Waals surface area contributed by atoms with Crippen LogP contribution in [0.3, 0.4) is 0 Å². The summed E-state index contributed by atoms with van der Waals surface area (Å²) in [4.78, 5) is 14.1. The molecule has 1 aromatic heterocycles. The van der Waals surface area contributed by atoms with Crippen molar-refractivity contribution in [1.29, 1.82) is 0 Å². The van der Waals surface area contributed by atoms with E-state index in [9.17, 15) is 18.3 Å². The van der Waals surface area contributed by atoms with E-state index in [1.54, 1.807) is 14.1 Å². The molecule has 1 aromatic carbocycles. The predicted molar refractivity (Wildman–Crippen MR) is 87.2 cm³/mol. The standard InChI is InChI=1S/C14H16ClN3O4S/c1-17(2)12-10(23(4,21)22)6-5-8(11(12)15)13(19)9-7-16-18(3)14(9)20/h5-7,20H,1-4H3. The summed E-state index contributed by atoms with van der Waals surface area (Å²) in [6.45, 7) is 0. The number of anilines is 1. The molecule has 0 radical (unpaired) electrons. The second-order valence-corrected chi connectivity index (χ2v) is 7.64. The van der Waals surface area contributed by atoms with Crippen LogP contribution in [0.15, 0.2) is 23.2 Å². The van der Waals surface area contributed by atoms with Gasteiger partial charge in [-0.1, -0.05) is 11.6 Å². The van der Waals surface area contributed by atoms with Gasteiger partial charge in [0.05, 0.1) is 21.8 Å². The molecule has 23 heavy (non-hydrogen) atoms. The van der Waals surface area contributed by atoms with Gasteiger partial charge in [0.1, 0.15) is 5.56 Å². The minimum absolute atomic E-state index is 0.00572. The molecule has 1 N–H and O–H groups in total. The normalized spacial score (nSPS) is 11.5. The maximum Gasteiger partial charge on any atom is 0.220 e. The Morgan fingerprint density at radius 3 is 2.35 bits per heavy atom. The maximum absolute atomic E-state index is 12.6. The van der Waals surface area contributed by atoms with Crippen LogP contribution < -0.4 is 4.90 Å². The van der Waals surface area contributed by atoms with E-state index in [-0.39, 0.29) is 32.6 Å². The zero-order chi connectivity index (χ0) is 17.5. The van der Waals surface area contributed by atoms with Crippen LogP contribution in [0.5, 0.6) is 5.88 Å². The highest BCUT2D eigenvalue weighted by Gasteiger charge is 2.25. The molecule has 0 aliphatic heterocycles. The number of hydrogen-bond donors (Lipinski definition) is 1. The zero-order valence-corrected chi connectivity index (χ0v) is 14.6. The van der Waals surface area contributed by atoms with Gasteiger partial charge in [-0.05, 0) is 12.1 Å². The number of sulfone groups is 1. The largest absolute Gasteiger partial charge is 0.493 e. The zero-order valence-electron chi connectivity index (χ0n) is 13.0. The quantitative estimate of drug-likeness (QED) is 0.833. The molecule has 2 rings (SSSR count). The molecule has 0 spiro atoms. The predicted octanol–water partition coefficient (Wildman–Crippen LogP) is 1.48. The van der Waals surface area contributed by atoms with Gasteiger partial charge in [0.2, 0.25) is 11.7 Å². The monoisotopic (exact) mass is 357 g/mol. The van der Waals surface area contributed by atoms with Crippen LogP contribution in [0.4, 0.5) is 5.69 Å². The van der Waals surface area contributed by atoms with E-state index in [0.717, 1.165) is 10.9 Å². The van der Waals surface area contributed by atoms with E-state index in [4.69, 9.17) is 11.6 Å². The smallest absolute Gasteiger partial charge is 0.220 e. The van der Waals surface area contributed by atoms with Crippen molar-refractivity contribution in [3.8, 4) is 5.88 Å². The summed E-state index contributed by atoms with van der Waals surface area (Å²) in [7, 11) is 1.24. The number of carbonyl (C=O) groups is 1. The number of nitrogens with zero attached hydrogens (tertiary/aromatic N) is 3. The van der Waals surface area contributed by atoms with Gasteiger partial charge in [0, 0.05) is 33.0 Å². The average molecular weight is 358 g/mol. The van der Waals surface area contributed by atoms with Crippen LogP contribution >= 0.6 is 11.6 Å². The van der Waals surface area contributed by atoms with Crippen molar-refractivity contribution in [2.45, 2.75) is 4.90 Å². The lowest BCUT2D eigenvalue weighted by atomic mass is 10.0. The molecule has 2 aromatic rings. The van der Waals surface area contributed by atoms with Crippen molar-refractivity contribution < 1.29 is 18.3 Å². The number of hydrogen-bond acceptors (Lipinski definition) is 6. The lowest BCUT2D eigenvalue weighted by molar-refractivity contribution is 0.103. The Morgan fingerprint density at radius 1 is 1.30 bits per heavy atom. The SMILES string of the molecule is CN(C)c1c(S(C)(=O)=O)ccc(C(=O)c2cnn(C)c2O)c1Cl. The lowest BCUT2D eigenvalue weighted by Gasteiger charge is -2.20. The van der Waals surface area contributed by atoms with E-state index in [2.05, 4.69) is 5.10 Å². The van der Waals surface area contributed by atoms with Gasteiger partial charge in [0.25, 0.3) is 0 Å². The molecule has 9 heteroatoms. The molecule has 0 fully saturated rings. The molecular weight excluding hydrogens is 342 g/mol. The minimum Gasteiger partial charge on any atom is -0.493 e. The van der Waals surface area contributed by atoms with Crippen molar-refractivity contribution in [2.75, 3.05) is 25.3 Å². The average Bonchev–Trinajstić information content (AvgIpc) is 2.76. The Labute approximate surface area is 139 Å². The van der Waals surface area contributed by atoms with Gasteiger partial charge in [0.15, 0.2) is 9.84 Å². The van der Waals surface area contributed by atoms with E-state index >= 15 is 0 Å². The molecule has 0 atom stereocenters. The van der Waals surface area contributed by atoms with E-state index in [0.29, 0.717) is 0 Å². The molecule has 1 heterocycles. The molecule has 0 amide bonds. The number of benzene rings is 1. The molecule has 0 aliphatic carbocycles. The maximum atomic E-state index is 12.6. The Bertz CT molecular complexity index is 888. The summed E-state index contributed by atoms with van der Waals surface area (Å²) >= 11 is 6.28. The van der Waals surface area contributed by atoms with Gasteiger partial charge in [-0.3, -0.25) is 4.79 Å². The van der Waals surface area contributed by atoms with Gasteiger partial charge in [-0.25, -0.2) is 13.1 Å². The minimum atomic E-state index is -3.52. The number of aryl methyl sites for hydroxylation is 1. The number of aromatic hydroxyl groups is 1. The third kappa shape index (κ3) is 3.04. The summed E-state index contributed by atoms with van der Waals surface area (Å²) in [5.74, 6) is -0.826. The molecule has 0 saturated carbocycles. The molecule has 0 unspecified atom stereocenters. The van der Waals surface area contributed by atoms with Gasteiger partial charge >= 0.3 is 0 Å². The van der Waals surface area contributed by atoms with Crippen LogP contribution in [-0.2, 0) is 16.9 Å². The fourth-order valence-corrected chi connectivity index (χ4v) is 3.60. The summed E-state index contributed by atoms with van der Waals surface area (Å²) in [6, 6.07) is 2.66. The second kappa shape index (κ2) is 5.86. The lowest BCUT2D eigenvalue weighted by Crippen LogP contribution is -2.16. The molecular formula is C14H16ClN3O4S. The van der Waals surface area contributed by atoms with Gasteiger partial charge in [-0.15, -0.1) is 0 Å². The van der Waals surface area contributed by atoms with Crippen molar-refractivity contribution in [3.63, 3.8) is 0 Å². The first-order valence-corrected chi connectivity index (χ1v) is 8.78. The number of aromatic nitrogens is 2. The first-order valence-electron chi connectivity index (χ1n) is 6.51. The van der Waals surface area contributed by atoms with Crippen molar-refractivity contribution in [2.24, 2.45) is 7.05 Å². The topological polar surface area (TPSA) is 92.5 Å². The summed E-state index contributed by atoms with van der Waals surface area (Å²) in [5, 5.41) is 13.7. The van der Waals surface area contributed by atoms with Crippen molar-refractivity contribution >= 4 is 32.9 Å². The fraction of sp³-hybridized carbons (Fsp3) is 0.286. The van der Waals surface area contributed by atoms with Crippen LogP contribution in [0, 0.1) is 0 Å². The Kier molecular flexibility index (Phi) is 4.41. The number of rotatable bonds is 4. The fourth-order valence-electron chi connectivity index (χ4n) is 2.17. The highest BCUT2D eigenvalue weighted by Crippen LogP contribution is 2.36. The number of carbonyl (C=O) groups excluding carboxylic acids is 1. The van der Waals surface area contributed by atoms with Crippen LogP contribution in [0.2, 0.25) is 5.02 Å². The van der Waals surface area contributed by atoms with Crippen LogP contribution in [0.1, 0.15) is 15.9 Å². The Hall–Kier alpha value is -2.06. The number of halogens is 1. The summed E-state index contributed by atoms with van der Waals surface area (Å²) < 4.78 is 24.9. The summed E-state index contributed by atoms with van der Waals surface area (Å²) in [6.07, 6.45) is 2.30. The molecule has 0 aliphatic rings. The van der Waals surface area contributed by atoms with Crippen molar-refractivity contribution in [3.05, 3.63) is 34.5 Å². The molecule has 0 bridgehead atoms. The van der Waals surface area contributed by atoms with E-state index in [1.165, 1.54) is 30.3 Å². The summed E-state index contributed by atoms with van der Waals surface area (Å²) in [5.41, 5.74) is 0.306. The van der Waals surface area contributed by atoms with Gasteiger partial charge in [-0.2, -0.15) is 5.10 Å². The highest BCUT2D eigenvalue weighted by atomic mass is 35.5. The molecule has 124 valence electrons. The number of ketones is 1. The Balaban J connectivity index is 2.69. The first-order chi connectivity index (χ1) is 10.6. The molecule has 7 nitrogen and oxygen atoms in total. The third-order valence-electron chi connectivity index (χ3n) is 3.32. The van der Waals surface area contributed by atoms with E-state index < -0.39 is 15.6 Å². The second-order valence-electron chi connectivity index (χ2n) is 5.28. The molecule has 0 saturated heterocycles. The van der Waals surface area contributed by atoms with Crippen LogP contribution in [-0.4, -0.2) is 49.4 Å².